The second-order valence-corrected chi connectivity index (χ2v) is 13.7. The molecule has 3 saturated carbocycles. The molecule has 4 aliphatic carbocycles. The van der Waals surface area contributed by atoms with Gasteiger partial charge in [-0.25, -0.2) is 0 Å². The van der Waals surface area contributed by atoms with Crippen molar-refractivity contribution in [1.29, 1.82) is 0 Å². The van der Waals surface area contributed by atoms with Crippen molar-refractivity contribution in [3.05, 3.63) is 11.6 Å². The Morgan fingerprint density at radius 2 is 1.51 bits per heavy atom. The van der Waals surface area contributed by atoms with Gasteiger partial charge in [0.25, 0.3) is 0 Å². The van der Waals surface area contributed by atoms with E-state index in [1.807, 2.05) is 0 Å². The van der Waals surface area contributed by atoms with E-state index in [0.717, 1.165) is 37.0 Å². The first-order valence-electron chi connectivity index (χ1n) is 15.6. The minimum absolute atomic E-state index is 0. The van der Waals surface area contributed by atoms with Crippen molar-refractivity contribution in [3.8, 4) is 0 Å². The van der Waals surface area contributed by atoms with Crippen LogP contribution >= 0.6 is 0 Å². The third-order valence-electron chi connectivity index (χ3n) is 10.3. The van der Waals surface area contributed by atoms with Crippen molar-refractivity contribution in [2.45, 2.75) is 152 Å². The van der Waals surface area contributed by atoms with E-state index in [0.29, 0.717) is 23.2 Å². The molecule has 0 aromatic heterocycles. The molecule has 0 spiro atoms. The molecule has 4 rings (SSSR count). The molecular formula is C33H68O2. The van der Waals surface area contributed by atoms with E-state index in [9.17, 15) is 10.2 Å². The smallest absolute Gasteiger partial charge is 0.0757 e. The second-order valence-electron chi connectivity index (χ2n) is 13.7. The van der Waals surface area contributed by atoms with Crippen LogP contribution < -0.4 is 0 Å². The number of fused-ring (bicyclic) bond motifs is 5. The van der Waals surface area contributed by atoms with Crippen LogP contribution in [0.15, 0.2) is 11.6 Å². The molecule has 2 heteroatoms. The van der Waals surface area contributed by atoms with Gasteiger partial charge in [-0.15, -0.1) is 0 Å². The fourth-order valence-corrected chi connectivity index (χ4v) is 8.65. The third-order valence-corrected chi connectivity index (χ3v) is 10.3. The van der Waals surface area contributed by atoms with Crippen LogP contribution in [0, 0.1) is 46.3 Å². The highest BCUT2D eigenvalue weighted by atomic mass is 16.3. The quantitative estimate of drug-likeness (QED) is 0.372. The topological polar surface area (TPSA) is 40.5 Å². The third kappa shape index (κ3) is 6.76. The molecule has 35 heavy (non-hydrogen) atoms. The molecule has 3 fully saturated rings. The van der Waals surface area contributed by atoms with Crippen LogP contribution in [0.4, 0.5) is 0 Å². The molecule has 0 aromatic rings. The van der Waals surface area contributed by atoms with Crippen LogP contribution in [0.1, 0.15) is 144 Å². The first-order valence-corrected chi connectivity index (χ1v) is 15.6. The maximum Gasteiger partial charge on any atom is 0.0757 e. The average molecular weight is 497 g/mol. The van der Waals surface area contributed by atoms with Crippen LogP contribution in [0.3, 0.4) is 0 Å². The SMILES string of the molecule is CC(C)CCC[C@@H](C)C1CCC2[C@H]3C(CC[C@@]21C)[C@@]1(C)CC[C@H](O)CC1=C[C@@H]3O.CCC.CCC.[HH].[HH].[HH]. The zero-order chi connectivity index (χ0) is 26.4. The Labute approximate surface area is 224 Å². The highest BCUT2D eigenvalue weighted by molar-refractivity contribution is 5.27. The Hall–Kier alpha value is -0.340. The summed E-state index contributed by atoms with van der Waals surface area (Å²) in [4.78, 5) is 0. The molecule has 0 radical (unpaired) electrons. The molecule has 0 aliphatic heterocycles. The molecule has 2 N–H and O–H groups in total. The highest BCUT2D eigenvalue weighted by Crippen LogP contribution is 2.67. The zero-order valence-corrected chi connectivity index (χ0v) is 25.1. The zero-order valence-electron chi connectivity index (χ0n) is 25.1. The molecule has 0 bridgehead atoms. The van der Waals surface area contributed by atoms with Crippen molar-refractivity contribution in [1.82, 2.24) is 0 Å². The predicted molar refractivity (Wildman–Crippen MR) is 159 cm³/mol. The predicted octanol–water partition coefficient (Wildman–Crippen LogP) is 9.93. The molecule has 9 atom stereocenters. The van der Waals surface area contributed by atoms with Crippen LogP contribution in [0.25, 0.3) is 0 Å². The Morgan fingerprint density at radius 3 is 2.11 bits per heavy atom. The summed E-state index contributed by atoms with van der Waals surface area (Å²) in [5.41, 5.74) is 1.99. The lowest BCUT2D eigenvalue weighted by Gasteiger charge is -2.59. The molecule has 4 aliphatic rings. The van der Waals surface area contributed by atoms with Gasteiger partial charge in [-0.05, 0) is 91.3 Å². The lowest BCUT2D eigenvalue weighted by atomic mass is 9.46. The second kappa shape index (κ2) is 13.5. The van der Waals surface area contributed by atoms with Gasteiger partial charge in [-0.1, -0.05) is 106 Å². The summed E-state index contributed by atoms with van der Waals surface area (Å²) in [5.74, 6) is 4.18. The number of aliphatic hydroxyl groups excluding tert-OH is 2. The molecule has 3 unspecified atom stereocenters. The Kier molecular flexibility index (Phi) is 11.9. The maximum absolute atomic E-state index is 11.3. The van der Waals surface area contributed by atoms with Crippen molar-refractivity contribution in [2.24, 2.45) is 46.3 Å². The van der Waals surface area contributed by atoms with E-state index >= 15 is 0 Å². The minimum atomic E-state index is -0.298. The summed E-state index contributed by atoms with van der Waals surface area (Å²) < 4.78 is 0. The first-order chi connectivity index (χ1) is 16.5. The van der Waals surface area contributed by atoms with Gasteiger partial charge >= 0.3 is 0 Å². The summed E-state index contributed by atoms with van der Waals surface area (Å²) >= 11 is 0. The fourth-order valence-electron chi connectivity index (χ4n) is 8.65. The average Bonchev–Trinajstić information content (AvgIpc) is 3.13. The van der Waals surface area contributed by atoms with Gasteiger partial charge in [0.15, 0.2) is 0 Å². The van der Waals surface area contributed by atoms with Crippen molar-refractivity contribution >= 4 is 0 Å². The molecule has 0 heterocycles. The number of aliphatic hydroxyl groups is 2. The summed E-state index contributed by atoms with van der Waals surface area (Å²) in [7, 11) is 0. The first kappa shape index (κ1) is 30.9. The Morgan fingerprint density at radius 1 is 0.886 bits per heavy atom. The maximum atomic E-state index is 11.3. The highest BCUT2D eigenvalue weighted by Gasteiger charge is 2.61. The van der Waals surface area contributed by atoms with Gasteiger partial charge in [-0.3, -0.25) is 0 Å². The van der Waals surface area contributed by atoms with Gasteiger partial charge in [-0.2, -0.15) is 0 Å². The summed E-state index contributed by atoms with van der Waals surface area (Å²) in [6, 6.07) is 0. The van der Waals surface area contributed by atoms with E-state index in [1.54, 1.807) is 0 Å². The van der Waals surface area contributed by atoms with Gasteiger partial charge in [0.2, 0.25) is 0 Å². The molecule has 0 amide bonds. The summed E-state index contributed by atoms with van der Waals surface area (Å²) in [5, 5.41) is 21.5. The summed E-state index contributed by atoms with van der Waals surface area (Å²) in [6.07, 6.45) is 16.4. The molecule has 2 nitrogen and oxygen atoms in total. The number of rotatable bonds is 5. The minimum Gasteiger partial charge on any atom is -0.393 e. The lowest BCUT2D eigenvalue weighted by molar-refractivity contribution is -0.0970. The largest absolute Gasteiger partial charge is 0.393 e. The van der Waals surface area contributed by atoms with Crippen molar-refractivity contribution in [2.75, 3.05) is 0 Å². The van der Waals surface area contributed by atoms with Gasteiger partial charge < -0.3 is 10.2 Å². The fraction of sp³-hybridized carbons (Fsp3) is 0.939. The van der Waals surface area contributed by atoms with Gasteiger partial charge in [0.1, 0.15) is 0 Å². The molecular weight excluding hydrogens is 428 g/mol. The molecule has 0 saturated heterocycles. The normalized spacial score (nSPS) is 40.7. The van der Waals surface area contributed by atoms with E-state index in [2.05, 4.69) is 68.4 Å². The van der Waals surface area contributed by atoms with E-state index in [-0.39, 0.29) is 21.9 Å². The van der Waals surface area contributed by atoms with Crippen LogP contribution in [0.5, 0.6) is 0 Å². The van der Waals surface area contributed by atoms with Gasteiger partial charge in [0, 0.05) is 4.28 Å². The Bertz CT molecular complexity index is 667. The molecule has 212 valence electrons. The van der Waals surface area contributed by atoms with Crippen LogP contribution in [-0.2, 0) is 0 Å². The number of hydrogen-bond donors (Lipinski definition) is 2. The molecule has 0 aromatic carbocycles. The van der Waals surface area contributed by atoms with E-state index < -0.39 is 0 Å². The van der Waals surface area contributed by atoms with Crippen molar-refractivity contribution < 1.29 is 14.5 Å². The van der Waals surface area contributed by atoms with Crippen molar-refractivity contribution in [3.63, 3.8) is 0 Å². The van der Waals surface area contributed by atoms with Crippen LogP contribution in [-0.4, -0.2) is 22.4 Å². The lowest BCUT2D eigenvalue weighted by Crippen LogP contribution is -2.54. The van der Waals surface area contributed by atoms with Gasteiger partial charge in [0.05, 0.1) is 12.2 Å². The standard InChI is InChI=1S/C27H46O2.2C3H8.3H2/c1-17(2)7-6-8-18(3)21-9-10-22-25-23(12-14-27(21,22)5)26(4)13-11-20(28)15-19(26)16-24(25)29;2*1-3-2;;;/h16-18,20-25,28-29H,6-15H2,1-5H3;2*3H2,1-2H3;3*1H/t18-,20+,21?,22?,23?,24+,25+,26+,27-;;;;;/m1...../s1. The van der Waals surface area contributed by atoms with E-state index in [1.165, 1.54) is 63.4 Å². The number of hydrogen-bond acceptors (Lipinski definition) is 2. The van der Waals surface area contributed by atoms with E-state index in [4.69, 9.17) is 0 Å². The Balaban J connectivity index is 0. The summed E-state index contributed by atoms with van der Waals surface area (Å²) in [6.45, 7) is 20.7. The monoisotopic (exact) mass is 497 g/mol. The van der Waals surface area contributed by atoms with Crippen LogP contribution in [0.2, 0.25) is 0 Å².